The van der Waals surface area contributed by atoms with Crippen LogP contribution in [-0.4, -0.2) is 45.1 Å². The smallest absolute Gasteiger partial charge is 0.243 e. The number of sulfonamides is 1. The Balaban J connectivity index is 2.00. The summed E-state index contributed by atoms with van der Waals surface area (Å²) >= 11 is 0. The van der Waals surface area contributed by atoms with E-state index < -0.39 is 15.8 Å². The molecule has 1 fully saturated rings. The molecular weight excluding hydrogens is 307 g/mol. The predicted octanol–water partition coefficient (Wildman–Crippen LogP) is 1.65. The maximum Gasteiger partial charge on any atom is 0.243 e. The average Bonchev–Trinajstić information content (AvgIpc) is 2.47. The Kier molecular flexibility index (Phi) is 5.91. The highest BCUT2D eigenvalue weighted by Crippen LogP contribution is 2.24. The van der Waals surface area contributed by atoms with E-state index in [9.17, 15) is 12.8 Å². The van der Waals surface area contributed by atoms with E-state index >= 15 is 0 Å². The normalized spacial score (nSPS) is 17.8. The standard InChI is InChI=1S/C15H23FN2O3S/c1-12-11-13(16)3-4-15(12)22(19,20)18-8-5-14(6-9-18)21-10-2-7-17/h3-4,11,14H,2,5-10,17H2,1H3. The largest absolute Gasteiger partial charge is 0.378 e. The lowest BCUT2D eigenvalue weighted by molar-refractivity contribution is 0.0209. The third kappa shape index (κ3) is 4.04. The Morgan fingerprint density at radius 2 is 2.05 bits per heavy atom. The van der Waals surface area contributed by atoms with Crippen molar-refractivity contribution in [1.82, 2.24) is 4.31 Å². The molecule has 1 aromatic carbocycles. The van der Waals surface area contributed by atoms with Gasteiger partial charge >= 0.3 is 0 Å². The fourth-order valence-corrected chi connectivity index (χ4v) is 4.29. The van der Waals surface area contributed by atoms with Gasteiger partial charge < -0.3 is 10.5 Å². The van der Waals surface area contributed by atoms with Crippen molar-refractivity contribution in [3.8, 4) is 0 Å². The van der Waals surface area contributed by atoms with Crippen LogP contribution in [0.4, 0.5) is 4.39 Å². The molecule has 1 aliphatic rings. The third-order valence-corrected chi connectivity index (χ3v) is 5.92. The van der Waals surface area contributed by atoms with E-state index in [-0.39, 0.29) is 11.0 Å². The minimum Gasteiger partial charge on any atom is -0.378 e. The Labute approximate surface area is 131 Å². The van der Waals surface area contributed by atoms with Gasteiger partial charge in [-0.05, 0) is 56.5 Å². The summed E-state index contributed by atoms with van der Waals surface area (Å²) in [7, 11) is -3.57. The molecule has 5 nitrogen and oxygen atoms in total. The van der Waals surface area contributed by atoms with Crippen LogP contribution in [0.2, 0.25) is 0 Å². The topological polar surface area (TPSA) is 72.6 Å². The van der Waals surface area contributed by atoms with Crippen LogP contribution in [0.15, 0.2) is 23.1 Å². The second-order valence-electron chi connectivity index (χ2n) is 5.53. The molecule has 0 saturated carbocycles. The van der Waals surface area contributed by atoms with Crippen molar-refractivity contribution in [3.05, 3.63) is 29.6 Å². The van der Waals surface area contributed by atoms with Crippen molar-refractivity contribution in [2.75, 3.05) is 26.2 Å². The molecule has 0 aromatic heterocycles. The number of hydrogen-bond donors (Lipinski definition) is 1. The molecular formula is C15H23FN2O3S. The Morgan fingerprint density at radius 1 is 1.36 bits per heavy atom. The summed E-state index contributed by atoms with van der Waals surface area (Å²) in [5.74, 6) is -0.427. The van der Waals surface area contributed by atoms with Gasteiger partial charge in [-0.3, -0.25) is 0 Å². The number of halogens is 1. The molecule has 7 heteroatoms. The van der Waals surface area contributed by atoms with Crippen LogP contribution in [0.25, 0.3) is 0 Å². The molecule has 2 N–H and O–H groups in total. The van der Waals surface area contributed by atoms with Crippen molar-refractivity contribution in [2.24, 2.45) is 5.73 Å². The first-order valence-electron chi connectivity index (χ1n) is 7.53. The van der Waals surface area contributed by atoms with E-state index in [0.29, 0.717) is 44.6 Å². The molecule has 0 unspecified atom stereocenters. The molecule has 0 radical (unpaired) electrons. The molecule has 1 aromatic rings. The van der Waals surface area contributed by atoms with Crippen LogP contribution in [0.3, 0.4) is 0 Å². The molecule has 124 valence electrons. The van der Waals surface area contributed by atoms with Crippen molar-refractivity contribution < 1.29 is 17.5 Å². The van der Waals surface area contributed by atoms with E-state index in [1.807, 2.05) is 0 Å². The van der Waals surface area contributed by atoms with E-state index in [1.165, 1.54) is 22.5 Å². The van der Waals surface area contributed by atoms with Crippen molar-refractivity contribution in [3.63, 3.8) is 0 Å². The molecule has 1 aliphatic heterocycles. The van der Waals surface area contributed by atoms with Crippen LogP contribution in [0.5, 0.6) is 0 Å². The Hall–Kier alpha value is -1.02. The van der Waals surface area contributed by atoms with Gasteiger partial charge in [0.25, 0.3) is 0 Å². The number of aryl methyl sites for hydroxylation is 1. The lowest BCUT2D eigenvalue weighted by Crippen LogP contribution is -2.41. The number of nitrogens with two attached hydrogens (primary N) is 1. The number of rotatable bonds is 6. The fraction of sp³-hybridized carbons (Fsp3) is 0.600. The highest BCUT2D eigenvalue weighted by Gasteiger charge is 2.30. The second-order valence-corrected chi connectivity index (χ2v) is 7.43. The van der Waals surface area contributed by atoms with Crippen LogP contribution in [0.1, 0.15) is 24.8 Å². The first-order valence-corrected chi connectivity index (χ1v) is 8.97. The summed E-state index contributed by atoms with van der Waals surface area (Å²) in [6.45, 7) is 3.67. The highest BCUT2D eigenvalue weighted by molar-refractivity contribution is 7.89. The van der Waals surface area contributed by atoms with Gasteiger partial charge in [-0.2, -0.15) is 4.31 Å². The van der Waals surface area contributed by atoms with Crippen LogP contribution in [-0.2, 0) is 14.8 Å². The zero-order valence-corrected chi connectivity index (χ0v) is 13.6. The molecule has 1 saturated heterocycles. The van der Waals surface area contributed by atoms with Gasteiger partial charge in [0, 0.05) is 19.7 Å². The Morgan fingerprint density at radius 3 is 2.64 bits per heavy atom. The lowest BCUT2D eigenvalue weighted by Gasteiger charge is -2.31. The van der Waals surface area contributed by atoms with Crippen LogP contribution < -0.4 is 5.73 Å². The zero-order chi connectivity index (χ0) is 16.2. The van der Waals surface area contributed by atoms with Gasteiger partial charge in [0.2, 0.25) is 10.0 Å². The highest BCUT2D eigenvalue weighted by atomic mass is 32.2. The number of benzene rings is 1. The number of hydrogen-bond acceptors (Lipinski definition) is 4. The van der Waals surface area contributed by atoms with Crippen molar-refractivity contribution >= 4 is 10.0 Å². The van der Waals surface area contributed by atoms with Gasteiger partial charge in [0.15, 0.2) is 0 Å². The molecule has 2 rings (SSSR count). The fourth-order valence-electron chi connectivity index (χ4n) is 2.61. The minimum absolute atomic E-state index is 0.0901. The van der Waals surface area contributed by atoms with Crippen LogP contribution >= 0.6 is 0 Å². The summed E-state index contributed by atoms with van der Waals surface area (Å²) in [6.07, 6.45) is 2.24. The summed E-state index contributed by atoms with van der Waals surface area (Å²) in [5.41, 5.74) is 5.85. The zero-order valence-electron chi connectivity index (χ0n) is 12.8. The number of nitrogens with zero attached hydrogens (tertiary/aromatic N) is 1. The predicted molar refractivity (Wildman–Crippen MR) is 82.5 cm³/mol. The SMILES string of the molecule is Cc1cc(F)ccc1S(=O)(=O)N1CCC(OCCCN)CC1. The molecule has 0 bridgehead atoms. The van der Waals surface area contributed by atoms with Gasteiger partial charge in [0.05, 0.1) is 11.0 Å². The van der Waals surface area contributed by atoms with E-state index in [0.717, 1.165) is 6.42 Å². The summed E-state index contributed by atoms with van der Waals surface area (Å²) in [5, 5.41) is 0. The number of piperidine rings is 1. The van der Waals surface area contributed by atoms with Crippen molar-refractivity contribution in [2.45, 2.75) is 37.2 Å². The van der Waals surface area contributed by atoms with E-state index in [4.69, 9.17) is 10.5 Å². The molecule has 0 spiro atoms. The first-order chi connectivity index (χ1) is 10.4. The Bertz CT molecular complexity index is 599. The first kappa shape index (κ1) is 17.3. The van der Waals surface area contributed by atoms with Crippen molar-refractivity contribution in [1.29, 1.82) is 0 Å². The van der Waals surface area contributed by atoms with Gasteiger partial charge in [-0.1, -0.05) is 0 Å². The molecule has 0 aliphatic carbocycles. The second kappa shape index (κ2) is 7.50. The van der Waals surface area contributed by atoms with Crippen LogP contribution in [0, 0.1) is 12.7 Å². The summed E-state index contributed by atoms with van der Waals surface area (Å²) in [4.78, 5) is 0.177. The van der Waals surface area contributed by atoms with Gasteiger partial charge in [0.1, 0.15) is 5.82 Å². The maximum atomic E-state index is 13.1. The van der Waals surface area contributed by atoms with E-state index in [1.54, 1.807) is 6.92 Å². The third-order valence-electron chi connectivity index (χ3n) is 3.86. The molecule has 0 atom stereocenters. The quantitative estimate of drug-likeness (QED) is 0.805. The number of ether oxygens (including phenoxy) is 1. The van der Waals surface area contributed by atoms with Gasteiger partial charge in [-0.25, -0.2) is 12.8 Å². The lowest BCUT2D eigenvalue weighted by atomic mass is 10.1. The summed E-state index contributed by atoms with van der Waals surface area (Å²) in [6, 6.07) is 3.77. The maximum absolute atomic E-state index is 13.1. The van der Waals surface area contributed by atoms with E-state index in [2.05, 4.69) is 0 Å². The van der Waals surface area contributed by atoms with Gasteiger partial charge in [-0.15, -0.1) is 0 Å². The summed E-state index contributed by atoms with van der Waals surface area (Å²) < 4.78 is 45.5. The molecule has 0 amide bonds. The monoisotopic (exact) mass is 330 g/mol. The molecule has 22 heavy (non-hydrogen) atoms. The minimum atomic E-state index is -3.57. The average molecular weight is 330 g/mol. The molecule has 1 heterocycles.